The average Bonchev–Trinajstić information content (AvgIpc) is 2.77. The largest absolute Gasteiger partial charge is 0.325 e. The van der Waals surface area contributed by atoms with E-state index in [9.17, 15) is 4.79 Å². The molecule has 0 aliphatic heterocycles. The highest BCUT2D eigenvalue weighted by atomic mass is 35.5. The predicted molar refractivity (Wildman–Crippen MR) is 137 cm³/mol. The second kappa shape index (κ2) is 19.5. The molecule has 1 aromatic rings. The van der Waals surface area contributed by atoms with E-state index >= 15 is 0 Å². The van der Waals surface area contributed by atoms with Crippen LogP contribution in [-0.4, -0.2) is 24.0 Å². The molecule has 0 atom stereocenters. The molecular formula is C27H47ClN2O. The topological polar surface area (TPSA) is 32.3 Å². The van der Waals surface area contributed by atoms with Gasteiger partial charge in [-0.1, -0.05) is 115 Å². The molecule has 31 heavy (non-hydrogen) atoms. The van der Waals surface area contributed by atoms with Crippen molar-refractivity contribution in [1.82, 2.24) is 4.90 Å². The van der Waals surface area contributed by atoms with Gasteiger partial charge in [0, 0.05) is 23.8 Å². The molecule has 0 saturated carbocycles. The Balaban J connectivity index is 2.34. The minimum absolute atomic E-state index is 0.0215. The highest BCUT2D eigenvalue weighted by molar-refractivity contribution is 6.30. The van der Waals surface area contributed by atoms with Gasteiger partial charge in [0.25, 0.3) is 0 Å². The SMILES string of the molecule is CCCCCCCCCCN(CCCCCCCCCC)C(=O)Nc1ccc(Cl)cc1. The van der Waals surface area contributed by atoms with Gasteiger partial charge in [-0.05, 0) is 37.1 Å². The monoisotopic (exact) mass is 450 g/mol. The van der Waals surface area contributed by atoms with Crippen LogP contribution in [-0.2, 0) is 0 Å². The molecule has 0 fully saturated rings. The fourth-order valence-corrected chi connectivity index (χ4v) is 4.05. The normalized spacial score (nSPS) is 10.9. The molecule has 0 aromatic heterocycles. The van der Waals surface area contributed by atoms with Crippen molar-refractivity contribution in [2.24, 2.45) is 0 Å². The molecule has 0 heterocycles. The molecule has 178 valence electrons. The molecule has 3 nitrogen and oxygen atoms in total. The number of hydrogen-bond donors (Lipinski definition) is 1. The van der Waals surface area contributed by atoms with E-state index in [1.54, 1.807) is 0 Å². The molecule has 0 unspecified atom stereocenters. The number of halogens is 1. The van der Waals surface area contributed by atoms with E-state index in [0.29, 0.717) is 5.02 Å². The van der Waals surface area contributed by atoms with Crippen molar-refractivity contribution in [2.45, 2.75) is 117 Å². The summed E-state index contributed by atoms with van der Waals surface area (Å²) >= 11 is 5.96. The van der Waals surface area contributed by atoms with Crippen molar-refractivity contribution in [3.05, 3.63) is 29.3 Å². The lowest BCUT2D eigenvalue weighted by molar-refractivity contribution is 0.209. The number of unbranched alkanes of at least 4 members (excludes halogenated alkanes) is 14. The summed E-state index contributed by atoms with van der Waals surface area (Å²) in [6, 6.07) is 7.39. The van der Waals surface area contributed by atoms with Gasteiger partial charge in [0.05, 0.1) is 0 Å². The Hall–Kier alpha value is -1.22. The first-order chi connectivity index (χ1) is 15.2. The molecule has 0 spiro atoms. The van der Waals surface area contributed by atoms with Gasteiger partial charge in [-0.3, -0.25) is 0 Å². The second-order valence-electron chi connectivity index (χ2n) is 8.87. The highest BCUT2D eigenvalue weighted by Crippen LogP contribution is 2.15. The van der Waals surface area contributed by atoms with E-state index < -0.39 is 0 Å². The van der Waals surface area contributed by atoms with Crippen LogP contribution in [0.1, 0.15) is 117 Å². The Labute approximate surface area is 197 Å². The zero-order valence-corrected chi connectivity index (χ0v) is 21.0. The Bertz CT molecular complexity index is 527. The summed E-state index contributed by atoms with van der Waals surface area (Å²) < 4.78 is 0. The smallest absolute Gasteiger partial charge is 0.321 e. The molecule has 0 radical (unpaired) electrons. The van der Waals surface area contributed by atoms with E-state index in [2.05, 4.69) is 19.2 Å². The number of carbonyl (C=O) groups excluding carboxylic acids is 1. The molecule has 0 bridgehead atoms. The zero-order valence-electron chi connectivity index (χ0n) is 20.3. The van der Waals surface area contributed by atoms with Crippen LogP contribution in [0.15, 0.2) is 24.3 Å². The summed E-state index contributed by atoms with van der Waals surface area (Å²) in [5, 5.41) is 3.74. The lowest BCUT2D eigenvalue weighted by atomic mass is 10.1. The maximum atomic E-state index is 12.9. The highest BCUT2D eigenvalue weighted by Gasteiger charge is 2.13. The maximum absolute atomic E-state index is 12.9. The van der Waals surface area contributed by atoms with Gasteiger partial charge < -0.3 is 10.2 Å². The van der Waals surface area contributed by atoms with Crippen LogP contribution in [0.4, 0.5) is 10.5 Å². The Kier molecular flexibility index (Phi) is 17.5. The lowest BCUT2D eigenvalue weighted by Crippen LogP contribution is -2.36. The number of anilines is 1. The van der Waals surface area contributed by atoms with Gasteiger partial charge in [0.2, 0.25) is 0 Å². The van der Waals surface area contributed by atoms with Crippen molar-refractivity contribution in [3.63, 3.8) is 0 Å². The van der Waals surface area contributed by atoms with Crippen LogP contribution >= 0.6 is 11.6 Å². The zero-order chi connectivity index (χ0) is 22.6. The van der Waals surface area contributed by atoms with E-state index in [0.717, 1.165) is 31.6 Å². The van der Waals surface area contributed by atoms with Gasteiger partial charge in [0.1, 0.15) is 0 Å². The van der Waals surface area contributed by atoms with Crippen LogP contribution in [0.2, 0.25) is 5.02 Å². The number of urea groups is 1. The molecule has 0 saturated heterocycles. The summed E-state index contributed by atoms with van der Waals surface area (Å²) in [6.07, 6.45) is 20.6. The number of carbonyl (C=O) groups is 1. The third-order valence-electron chi connectivity index (χ3n) is 5.95. The maximum Gasteiger partial charge on any atom is 0.321 e. The molecule has 1 aromatic carbocycles. The van der Waals surface area contributed by atoms with Crippen LogP contribution < -0.4 is 5.32 Å². The van der Waals surface area contributed by atoms with Crippen LogP contribution in [0, 0.1) is 0 Å². The number of nitrogens with zero attached hydrogens (tertiary/aromatic N) is 1. The Morgan fingerprint density at radius 3 is 1.48 bits per heavy atom. The van der Waals surface area contributed by atoms with Crippen molar-refractivity contribution in [1.29, 1.82) is 0 Å². The number of rotatable bonds is 19. The first-order valence-electron chi connectivity index (χ1n) is 13.0. The van der Waals surface area contributed by atoms with Gasteiger partial charge in [0.15, 0.2) is 0 Å². The van der Waals surface area contributed by atoms with Gasteiger partial charge in [-0.2, -0.15) is 0 Å². The minimum atomic E-state index is 0.0215. The molecule has 0 aliphatic carbocycles. The van der Waals surface area contributed by atoms with Crippen LogP contribution in [0.5, 0.6) is 0 Å². The van der Waals surface area contributed by atoms with E-state index in [1.165, 1.54) is 89.9 Å². The van der Waals surface area contributed by atoms with Crippen molar-refractivity contribution in [2.75, 3.05) is 18.4 Å². The molecule has 1 N–H and O–H groups in total. The number of hydrogen-bond acceptors (Lipinski definition) is 1. The van der Waals surface area contributed by atoms with Crippen LogP contribution in [0.3, 0.4) is 0 Å². The first-order valence-corrected chi connectivity index (χ1v) is 13.4. The number of benzene rings is 1. The van der Waals surface area contributed by atoms with Crippen molar-refractivity contribution < 1.29 is 4.79 Å². The fourth-order valence-electron chi connectivity index (χ4n) is 3.92. The van der Waals surface area contributed by atoms with E-state index in [1.807, 2.05) is 29.2 Å². The molecule has 0 aliphatic rings. The van der Waals surface area contributed by atoms with Gasteiger partial charge >= 0.3 is 6.03 Å². The standard InChI is InChI=1S/C27H47ClN2O/c1-3-5-7-9-11-13-15-17-23-30(24-18-16-14-12-10-8-6-4-2)27(31)29-26-21-19-25(28)20-22-26/h19-22H,3-18,23-24H2,1-2H3,(H,29,31). The average molecular weight is 451 g/mol. The van der Waals surface area contributed by atoms with Crippen molar-refractivity contribution >= 4 is 23.3 Å². The summed E-state index contributed by atoms with van der Waals surface area (Å²) in [4.78, 5) is 14.9. The van der Waals surface area contributed by atoms with Gasteiger partial charge in [-0.25, -0.2) is 4.79 Å². The molecule has 1 rings (SSSR count). The number of amides is 2. The Morgan fingerprint density at radius 2 is 1.06 bits per heavy atom. The van der Waals surface area contributed by atoms with E-state index in [-0.39, 0.29) is 6.03 Å². The molecule has 2 amide bonds. The summed E-state index contributed by atoms with van der Waals surface area (Å²) in [7, 11) is 0. The third kappa shape index (κ3) is 15.3. The fraction of sp³-hybridized carbons (Fsp3) is 0.741. The minimum Gasteiger partial charge on any atom is -0.325 e. The lowest BCUT2D eigenvalue weighted by Gasteiger charge is -2.23. The quantitative estimate of drug-likeness (QED) is 0.209. The molecular weight excluding hydrogens is 404 g/mol. The summed E-state index contributed by atoms with van der Waals surface area (Å²) in [6.45, 7) is 6.22. The number of nitrogens with one attached hydrogen (secondary N) is 1. The molecule has 4 heteroatoms. The Morgan fingerprint density at radius 1 is 0.677 bits per heavy atom. The first kappa shape index (κ1) is 27.8. The summed E-state index contributed by atoms with van der Waals surface area (Å²) in [5.41, 5.74) is 0.811. The van der Waals surface area contributed by atoms with Crippen LogP contribution in [0.25, 0.3) is 0 Å². The second-order valence-corrected chi connectivity index (χ2v) is 9.31. The van der Waals surface area contributed by atoms with E-state index in [4.69, 9.17) is 11.6 Å². The summed E-state index contributed by atoms with van der Waals surface area (Å²) in [5.74, 6) is 0. The van der Waals surface area contributed by atoms with Crippen molar-refractivity contribution in [3.8, 4) is 0 Å². The van der Waals surface area contributed by atoms with Gasteiger partial charge in [-0.15, -0.1) is 0 Å². The predicted octanol–water partition coefficient (Wildman–Crippen LogP) is 9.46. The third-order valence-corrected chi connectivity index (χ3v) is 6.20.